The van der Waals surface area contributed by atoms with E-state index in [2.05, 4.69) is 0 Å². The number of rotatable bonds is 3. The summed E-state index contributed by atoms with van der Waals surface area (Å²) in [5.41, 5.74) is 0. The van der Waals surface area contributed by atoms with Gasteiger partial charge in [0.2, 0.25) is 5.91 Å². The predicted octanol–water partition coefficient (Wildman–Crippen LogP) is 3.44. The fraction of sp³-hybridized carbons (Fsp3) is 0.917. The summed E-state index contributed by atoms with van der Waals surface area (Å²) in [4.78, 5) is 13.5. The van der Waals surface area contributed by atoms with Gasteiger partial charge < -0.3 is 4.90 Å². The van der Waals surface area contributed by atoms with Crippen LogP contribution in [0.4, 0.5) is 13.2 Å². The highest BCUT2D eigenvalue weighted by Gasteiger charge is 2.42. The molecule has 1 atom stereocenters. The molecule has 0 saturated heterocycles. The Hall–Kier alpha value is -0.450. The van der Waals surface area contributed by atoms with Gasteiger partial charge >= 0.3 is 6.18 Å². The minimum atomic E-state index is -4.12. The zero-order chi connectivity index (χ0) is 13.9. The van der Waals surface area contributed by atoms with E-state index in [9.17, 15) is 18.0 Å². The van der Waals surface area contributed by atoms with Crippen LogP contribution >= 0.6 is 11.6 Å². The fourth-order valence-electron chi connectivity index (χ4n) is 2.45. The molecule has 0 bridgehead atoms. The first kappa shape index (κ1) is 15.6. The molecule has 0 aromatic heterocycles. The van der Waals surface area contributed by atoms with E-state index in [0.717, 1.165) is 0 Å². The summed E-state index contributed by atoms with van der Waals surface area (Å²) in [6.45, 7) is 2.21. The van der Waals surface area contributed by atoms with Gasteiger partial charge in [-0.2, -0.15) is 13.2 Å². The molecule has 1 unspecified atom stereocenters. The van der Waals surface area contributed by atoms with Gasteiger partial charge in [-0.15, -0.1) is 11.6 Å². The Labute approximate surface area is 110 Å². The molecule has 1 aliphatic rings. The molecule has 18 heavy (non-hydrogen) atoms. The Bertz CT molecular complexity index is 286. The quantitative estimate of drug-likeness (QED) is 0.728. The lowest BCUT2D eigenvalue weighted by atomic mass is 9.81. The first-order chi connectivity index (χ1) is 8.21. The fourth-order valence-corrected chi connectivity index (χ4v) is 2.65. The molecule has 1 rings (SSSR count). The molecule has 0 aromatic rings. The number of halogens is 4. The maximum Gasteiger partial charge on any atom is 0.391 e. The average Bonchev–Trinajstić information content (AvgIpc) is 2.26. The van der Waals surface area contributed by atoms with E-state index in [-0.39, 0.29) is 30.0 Å². The van der Waals surface area contributed by atoms with Gasteiger partial charge in [-0.3, -0.25) is 4.79 Å². The Morgan fingerprint density at radius 1 is 1.33 bits per heavy atom. The van der Waals surface area contributed by atoms with Gasteiger partial charge in [0.05, 0.1) is 5.92 Å². The molecule has 0 spiro atoms. The standard InChI is InChI=1S/C12H19ClF3NO/c1-8(13)7-17(2)11(18)9-3-5-10(6-4-9)12(14,15)16/h8-10H,3-7H2,1-2H3. The number of carbonyl (C=O) groups excluding carboxylic acids is 1. The van der Waals surface area contributed by atoms with Crippen LogP contribution in [0.1, 0.15) is 32.6 Å². The van der Waals surface area contributed by atoms with Crippen LogP contribution in [0.3, 0.4) is 0 Å². The van der Waals surface area contributed by atoms with Crippen molar-refractivity contribution in [3.63, 3.8) is 0 Å². The van der Waals surface area contributed by atoms with Crippen molar-refractivity contribution >= 4 is 17.5 Å². The molecule has 0 N–H and O–H groups in total. The number of alkyl halides is 4. The van der Waals surface area contributed by atoms with Crippen molar-refractivity contribution in [2.75, 3.05) is 13.6 Å². The van der Waals surface area contributed by atoms with Crippen LogP contribution in [-0.2, 0) is 4.79 Å². The van der Waals surface area contributed by atoms with E-state index in [1.54, 1.807) is 14.0 Å². The third-order valence-electron chi connectivity index (χ3n) is 3.44. The first-order valence-electron chi connectivity index (χ1n) is 6.17. The zero-order valence-corrected chi connectivity index (χ0v) is 11.4. The van der Waals surface area contributed by atoms with Crippen LogP contribution in [0.15, 0.2) is 0 Å². The Morgan fingerprint density at radius 2 is 1.83 bits per heavy atom. The number of carbonyl (C=O) groups is 1. The molecule has 6 heteroatoms. The van der Waals surface area contributed by atoms with Gasteiger partial charge in [-0.1, -0.05) is 0 Å². The SMILES string of the molecule is CC(Cl)CN(C)C(=O)C1CCC(C(F)(F)F)CC1. The number of nitrogens with zero attached hydrogens (tertiary/aromatic N) is 1. The Balaban J connectivity index is 2.45. The smallest absolute Gasteiger partial charge is 0.344 e. The minimum Gasteiger partial charge on any atom is -0.344 e. The van der Waals surface area contributed by atoms with Gasteiger partial charge in [-0.25, -0.2) is 0 Å². The van der Waals surface area contributed by atoms with Crippen LogP contribution in [0.2, 0.25) is 0 Å². The molecule has 2 nitrogen and oxygen atoms in total. The van der Waals surface area contributed by atoms with Crippen LogP contribution in [0.25, 0.3) is 0 Å². The summed E-state index contributed by atoms with van der Waals surface area (Å²) in [5.74, 6) is -1.59. The van der Waals surface area contributed by atoms with Gasteiger partial charge in [0.1, 0.15) is 0 Å². The van der Waals surface area contributed by atoms with E-state index in [0.29, 0.717) is 19.4 Å². The normalized spacial score (nSPS) is 26.8. The monoisotopic (exact) mass is 285 g/mol. The topological polar surface area (TPSA) is 20.3 Å². The second-order valence-corrected chi connectivity index (χ2v) is 5.83. The third-order valence-corrected chi connectivity index (χ3v) is 3.58. The van der Waals surface area contributed by atoms with Gasteiger partial charge in [0.15, 0.2) is 0 Å². The summed E-state index contributed by atoms with van der Waals surface area (Å²) < 4.78 is 37.5. The van der Waals surface area contributed by atoms with Crippen LogP contribution in [0, 0.1) is 11.8 Å². The predicted molar refractivity (Wildman–Crippen MR) is 64.5 cm³/mol. The molecule has 0 aliphatic heterocycles. The van der Waals surface area contributed by atoms with Gasteiger partial charge in [0, 0.05) is 24.9 Å². The molecule has 0 radical (unpaired) electrons. The lowest BCUT2D eigenvalue weighted by Gasteiger charge is -2.31. The second-order valence-electron chi connectivity index (χ2n) is 5.09. The molecule has 0 aromatic carbocycles. The van der Waals surface area contributed by atoms with Crippen molar-refractivity contribution in [1.82, 2.24) is 4.90 Å². The molecule has 1 aliphatic carbocycles. The van der Waals surface area contributed by atoms with E-state index in [4.69, 9.17) is 11.6 Å². The molecule has 1 saturated carbocycles. The Morgan fingerprint density at radius 3 is 2.22 bits per heavy atom. The van der Waals surface area contributed by atoms with Crippen molar-refractivity contribution in [3.05, 3.63) is 0 Å². The largest absolute Gasteiger partial charge is 0.391 e. The highest BCUT2D eigenvalue weighted by atomic mass is 35.5. The number of hydrogen-bond donors (Lipinski definition) is 0. The number of hydrogen-bond acceptors (Lipinski definition) is 1. The summed E-state index contributed by atoms with van der Waals surface area (Å²) >= 11 is 5.80. The van der Waals surface area contributed by atoms with Crippen molar-refractivity contribution in [3.8, 4) is 0 Å². The molecular weight excluding hydrogens is 267 g/mol. The summed E-state index contributed by atoms with van der Waals surface area (Å²) in [6.07, 6.45) is -3.35. The van der Waals surface area contributed by atoms with Gasteiger partial charge in [-0.05, 0) is 32.6 Å². The lowest BCUT2D eigenvalue weighted by Crippen LogP contribution is -2.39. The Kier molecular flexibility index (Phi) is 5.32. The summed E-state index contributed by atoms with van der Waals surface area (Å²) in [7, 11) is 1.65. The third kappa shape index (κ3) is 4.34. The maximum absolute atomic E-state index is 12.5. The van der Waals surface area contributed by atoms with E-state index < -0.39 is 12.1 Å². The molecule has 106 valence electrons. The number of amides is 1. The van der Waals surface area contributed by atoms with Crippen LogP contribution in [0.5, 0.6) is 0 Å². The van der Waals surface area contributed by atoms with Crippen LogP contribution in [-0.4, -0.2) is 36.0 Å². The van der Waals surface area contributed by atoms with E-state index >= 15 is 0 Å². The maximum atomic E-state index is 12.5. The molecular formula is C12H19ClF3NO. The zero-order valence-electron chi connectivity index (χ0n) is 10.6. The minimum absolute atomic E-state index is 0.0597. The summed E-state index contributed by atoms with van der Waals surface area (Å²) in [5, 5.41) is -0.148. The molecule has 0 heterocycles. The van der Waals surface area contributed by atoms with Crippen molar-refractivity contribution in [2.45, 2.75) is 44.2 Å². The summed E-state index contributed by atoms with van der Waals surface area (Å²) in [6, 6.07) is 0. The van der Waals surface area contributed by atoms with Crippen molar-refractivity contribution < 1.29 is 18.0 Å². The van der Waals surface area contributed by atoms with Crippen molar-refractivity contribution in [2.24, 2.45) is 11.8 Å². The van der Waals surface area contributed by atoms with E-state index in [1.807, 2.05) is 0 Å². The van der Waals surface area contributed by atoms with Crippen LogP contribution < -0.4 is 0 Å². The highest BCUT2D eigenvalue weighted by molar-refractivity contribution is 6.20. The average molecular weight is 286 g/mol. The first-order valence-corrected chi connectivity index (χ1v) is 6.61. The lowest BCUT2D eigenvalue weighted by molar-refractivity contribution is -0.185. The van der Waals surface area contributed by atoms with E-state index in [1.165, 1.54) is 4.90 Å². The highest BCUT2D eigenvalue weighted by Crippen LogP contribution is 2.39. The molecule has 1 fully saturated rings. The van der Waals surface area contributed by atoms with Crippen molar-refractivity contribution in [1.29, 1.82) is 0 Å². The molecule has 1 amide bonds. The second kappa shape index (κ2) is 6.13. The van der Waals surface area contributed by atoms with Gasteiger partial charge in [0.25, 0.3) is 0 Å².